The van der Waals surface area contributed by atoms with E-state index in [1.807, 2.05) is 36.9 Å². The zero-order valence-electron chi connectivity index (χ0n) is 33.6. The molecule has 2 aromatic carbocycles. The smallest absolute Gasteiger partial charge is 0.320 e. The van der Waals surface area contributed by atoms with E-state index in [-0.39, 0.29) is 73.8 Å². The molecule has 6 aliphatic heterocycles. The van der Waals surface area contributed by atoms with Gasteiger partial charge in [0.15, 0.2) is 17.4 Å². The number of nitrogens with one attached hydrogen (secondary N) is 2. The highest BCUT2D eigenvalue weighted by Gasteiger charge is 2.54. The number of urea groups is 1. The molecule has 9 rings (SSSR count). The second-order valence-electron chi connectivity index (χ2n) is 17.2. The number of phenolic OH excluding ortho intramolecular Hbond substituents is 1. The minimum atomic E-state index is -2.82. The van der Waals surface area contributed by atoms with Crippen molar-refractivity contribution in [1.29, 1.82) is 0 Å². The van der Waals surface area contributed by atoms with E-state index in [0.29, 0.717) is 36.0 Å². The van der Waals surface area contributed by atoms with Gasteiger partial charge in [-0.3, -0.25) is 24.6 Å². The number of aromatic hydroxyl groups is 1. The summed E-state index contributed by atoms with van der Waals surface area (Å²) < 4.78 is 44.7. The van der Waals surface area contributed by atoms with Crippen LogP contribution in [0.3, 0.4) is 0 Å². The summed E-state index contributed by atoms with van der Waals surface area (Å²) in [7, 11) is 0. The number of benzene rings is 2. The minimum absolute atomic E-state index is 0.0949. The molecular weight excluding hydrogens is 782 g/mol. The first-order valence-corrected chi connectivity index (χ1v) is 20.8. The Morgan fingerprint density at radius 3 is 2.47 bits per heavy atom. The third-order valence-electron chi connectivity index (χ3n) is 13.4. The van der Waals surface area contributed by atoms with E-state index in [9.17, 15) is 28.7 Å². The molecule has 5 atom stereocenters. The number of imide groups is 1. The van der Waals surface area contributed by atoms with Crippen LogP contribution in [0, 0.1) is 11.7 Å². The summed E-state index contributed by atoms with van der Waals surface area (Å²) in [5, 5.41) is 24.0. The Bertz CT molecular complexity index is 2210. The van der Waals surface area contributed by atoms with Gasteiger partial charge in [0, 0.05) is 94.2 Å². The number of hydrogen-bond acceptors (Lipinski definition) is 11. The molecule has 18 heteroatoms. The normalized spacial score (nSPS) is 27.1. The third kappa shape index (κ3) is 6.91. The van der Waals surface area contributed by atoms with Crippen LogP contribution in [0.15, 0.2) is 42.5 Å². The fourth-order valence-electron chi connectivity index (χ4n) is 10.4. The van der Waals surface area contributed by atoms with Gasteiger partial charge in [-0.25, -0.2) is 18.0 Å². The standard InChI is InChI=1S/C42H49F3N10O5/c1-24-16-26(20-50-10-12-51(13-11-50)28-7-6-27-21-53(39(59)30(27)18-28)33-8-9-35(56)47-38(33)58)17-25(2)55(24)41(60)52-14-15-54-34-19-32(29-4-3-5-31(43)36(29)57)48-49-37(34)46-22-42(54,23-52)40(44)45/h3-7,18-19,24-26,33,40,57H,8-17,20-23H2,1-2H3,(H,46,49)(H,47,56,58)/t24-,25+,26?,33-,42+/m1/s1. The maximum absolute atomic E-state index is 15.3. The van der Waals surface area contributed by atoms with Crippen molar-refractivity contribution in [2.45, 2.75) is 76.2 Å². The molecule has 60 heavy (non-hydrogen) atoms. The monoisotopic (exact) mass is 830 g/mol. The van der Waals surface area contributed by atoms with E-state index in [0.717, 1.165) is 62.9 Å². The van der Waals surface area contributed by atoms with E-state index in [1.165, 1.54) is 18.2 Å². The first kappa shape index (κ1) is 39.8. The number of carbonyl (C=O) groups is 4. The number of rotatable bonds is 6. The number of halogens is 3. The number of anilines is 3. The van der Waals surface area contributed by atoms with Gasteiger partial charge in [-0.05, 0) is 74.9 Å². The maximum atomic E-state index is 15.3. The van der Waals surface area contributed by atoms with E-state index in [4.69, 9.17) is 0 Å². The second-order valence-corrected chi connectivity index (χ2v) is 17.2. The molecule has 0 saturated carbocycles. The Hall–Kier alpha value is -5.65. The first-order valence-electron chi connectivity index (χ1n) is 20.8. The molecule has 0 aliphatic carbocycles. The lowest BCUT2D eigenvalue weighted by Gasteiger charge is -2.55. The summed E-state index contributed by atoms with van der Waals surface area (Å²) in [5.41, 5.74) is 1.28. The summed E-state index contributed by atoms with van der Waals surface area (Å²) in [6.45, 7) is 8.51. The Labute approximate surface area is 345 Å². The van der Waals surface area contributed by atoms with Gasteiger partial charge in [-0.1, -0.05) is 12.1 Å². The highest BCUT2D eigenvalue weighted by Crippen LogP contribution is 2.43. The zero-order chi connectivity index (χ0) is 42.0. The van der Waals surface area contributed by atoms with Gasteiger partial charge in [-0.15, -0.1) is 10.2 Å². The molecule has 3 N–H and O–H groups in total. The molecule has 7 heterocycles. The van der Waals surface area contributed by atoms with Gasteiger partial charge in [0.2, 0.25) is 11.8 Å². The summed E-state index contributed by atoms with van der Waals surface area (Å²) in [6, 6.07) is 10.4. The number of para-hydroxylation sites is 1. The Balaban J connectivity index is 0.803. The lowest BCUT2D eigenvalue weighted by molar-refractivity contribution is -0.136. The van der Waals surface area contributed by atoms with Crippen LogP contribution in [0.2, 0.25) is 0 Å². The van der Waals surface area contributed by atoms with Crippen LogP contribution < -0.4 is 20.4 Å². The average molecular weight is 831 g/mol. The van der Waals surface area contributed by atoms with Gasteiger partial charge in [-0.2, -0.15) is 0 Å². The van der Waals surface area contributed by atoms with Gasteiger partial charge in [0.1, 0.15) is 11.6 Å². The lowest BCUT2D eigenvalue weighted by Crippen LogP contribution is -2.72. The number of hydrogen-bond donors (Lipinski definition) is 3. The van der Waals surface area contributed by atoms with Crippen LogP contribution in [-0.2, 0) is 16.1 Å². The van der Waals surface area contributed by atoms with E-state index in [1.54, 1.807) is 14.7 Å². The van der Waals surface area contributed by atoms with Gasteiger partial charge < -0.3 is 34.9 Å². The molecule has 6 aliphatic rings. The van der Waals surface area contributed by atoms with Crippen molar-refractivity contribution in [2.75, 3.05) is 74.0 Å². The van der Waals surface area contributed by atoms with Gasteiger partial charge in [0.25, 0.3) is 12.3 Å². The average Bonchev–Trinajstić information content (AvgIpc) is 3.56. The van der Waals surface area contributed by atoms with Crippen LogP contribution in [-0.4, -0.2) is 148 Å². The minimum Gasteiger partial charge on any atom is -0.504 e. The molecule has 1 aromatic heterocycles. The number of phenols is 1. The SMILES string of the molecule is C[C@@H]1CC(CN2CCN(c3ccc4c(c3)C(=O)N([C@@H]3CCC(=O)NC3=O)C4)CC2)C[C@H](C)N1C(=O)N1CCN2c3cc(-c4cccc(F)c4O)nnc3NC[C@@]2(C(F)F)C1. The van der Waals surface area contributed by atoms with Crippen molar-refractivity contribution in [3.05, 3.63) is 59.4 Å². The van der Waals surface area contributed by atoms with Crippen LogP contribution >= 0.6 is 0 Å². The predicted octanol–water partition coefficient (Wildman–Crippen LogP) is 3.73. The first-order chi connectivity index (χ1) is 28.8. The Morgan fingerprint density at radius 1 is 0.967 bits per heavy atom. The molecule has 0 bridgehead atoms. The van der Waals surface area contributed by atoms with E-state index < -0.39 is 35.5 Å². The highest BCUT2D eigenvalue weighted by atomic mass is 19.3. The molecule has 3 aromatic rings. The van der Waals surface area contributed by atoms with Crippen molar-refractivity contribution < 1.29 is 37.5 Å². The number of aromatic nitrogens is 2. The maximum Gasteiger partial charge on any atom is 0.320 e. The van der Waals surface area contributed by atoms with Gasteiger partial charge in [0.05, 0.1) is 17.9 Å². The highest BCUT2D eigenvalue weighted by molar-refractivity contribution is 6.05. The number of nitrogens with zero attached hydrogens (tertiary/aromatic N) is 8. The molecular formula is C42H49F3N10O5. The molecule has 1 unspecified atom stereocenters. The van der Waals surface area contributed by atoms with Crippen molar-refractivity contribution in [3.63, 3.8) is 0 Å². The number of alkyl halides is 2. The Kier molecular flexibility index (Phi) is 10.2. The molecule has 15 nitrogen and oxygen atoms in total. The number of amides is 5. The molecule has 318 valence electrons. The molecule has 0 spiro atoms. The van der Waals surface area contributed by atoms with E-state index in [2.05, 4.69) is 30.6 Å². The summed E-state index contributed by atoms with van der Waals surface area (Å²) >= 11 is 0. The molecule has 5 amide bonds. The quantitative estimate of drug-likeness (QED) is 0.311. The van der Waals surface area contributed by atoms with E-state index >= 15 is 8.78 Å². The van der Waals surface area contributed by atoms with Crippen molar-refractivity contribution >= 4 is 40.9 Å². The summed E-state index contributed by atoms with van der Waals surface area (Å²) in [6.07, 6.45) is -0.708. The van der Waals surface area contributed by atoms with Gasteiger partial charge >= 0.3 is 6.03 Å². The van der Waals surface area contributed by atoms with Crippen LogP contribution in [0.1, 0.15) is 55.5 Å². The predicted molar refractivity (Wildman–Crippen MR) is 215 cm³/mol. The summed E-state index contributed by atoms with van der Waals surface area (Å²) in [4.78, 5) is 63.1. The van der Waals surface area contributed by atoms with Crippen molar-refractivity contribution in [2.24, 2.45) is 5.92 Å². The zero-order valence-corrected chi connectivity index (χ0v) is 33.6. The summed E-state index contributed by atoms with van der Waals surface area (Å²) in [5.74, 6) is -1.70. The Morgan fingerprint density at radius 2 is 1.73 bits per heavy atom. The van der Waals surface area contributed by atoms with Crippen molar-refractivity contribution in [1.82, 2.24) is 35.1 Å². The molecule has 4 saturated heterocycles. The lowest BCUT2D eigenvalue weighted by atomic mass is 9.86. The fraction of sp³-hybridized carbons (Fsp3) is 0.524. The number of fused-ring (bicyclic) bond motifs is 4. The van der Waals surface area contributed by atoms with Crippen LogP contribution in [0.5, 0.6) is 5.75 Å². The second kappa shape index (κ2) is 15.4. The topological polar surface area (TPSA) is 158 Å². The largest absolute Gasteiger partial charge is 0.504 e. The van der Waals surface area contributed by atoms with Crippen LogP contribution in [0.4, 0.5) is 35.2 Å². The molecule has 4 fully saturated rings. The van der Waals surface area contributed by atoms with Crippen molar-refractivity contribution in [3.8, 4) is 17.0 Å². The molecule has 0 radical (unpaired) electrons. The number of likely N-dealkylation sites (tertiary alicyclic amines) is 1. The number of piperazine rings is 2. The number of piperidine rings is 2. The fourth-order valence-corrected chi connectivity index (χ4v) is 10.4. The van der Waals surface area contributed by atoms with Crippen LogP contribution in [0.25, 0.3) is 11.3 Å². The third-order valence-corrected chi connectivity index (χ3v) is 13.4. The number of carbonyl (C=O) groups excluding carboxylic acids is 4.